The van der Waals surface area contributed by atoms with E-state index in [-0.39, 0.29) is 5.75 Å². The van der Waals surface area contributed by atoms with Gasteiger partial charge in [0.2, 0.25) is 0 Å². The predicted octanol–water partition coefficient (Wildman–Crippen LogP) is 3.08. The van der Waals surface area contributed by atoms with Gasteiger partial charge in [-0.25, -0.2) is 0 Å². The molecule has 1 N–H and O–H groups in total. The van der Waals surface area contributed by atoms with Crippen LogP contribution in [0, 0.1) is 0 Å². The summed E-state index contributed by atoms with van der Waals surface area (Å²) in [4.78, 5) is 11.4. The number of carboxylic acid groups (broad SMARTS) is 1. The van der Waals surface area contributed by atoms with Crippen molar-refractivity contribution in [2.24, 2.45) is 0 Å². The highest BCUT2D eigenvalue weighted by atomic mass is 32.2. The van der Waals surface area contributed by atoms with Crippen LogP contribution in [0.1, 0.15) is 0 Å². The molecule has 0 spiro atoms. The van der Waals surface area contributed by atoms with Gasteiger partial charge in [0.1, 0.15) is 0 Å². The van der Waals surface area contributed by atoms with Gasteiger partial charge in [-0.1, -0.05) is 6.07 Å². The molecule has 0 aliphatic carbocycles. The molecule has 1 aromatic heterocycles. The molecule has 4 heteroatoms. The first-order chi connectivity index (χ1) is 6.75. The summed E-state index contributed by atoms with van der Waals surface area (Å²) in [6.45, 7) is 0. The summed E-state index contributed by atoms with van der Waals surface area (Å²) < 4.78 is 1.21. The van der Waals surface area contributed by atoms with Gasteiger partial charge in [-0.3, -0.25) is 4.79 Å². The predicted molar refractivity (Wildman–Crippen MR) is 60.2 cm³/mol. The Labute approximate surface area is 89.6 Å². The summed E-state index contributed by atoms with van der Waals surface area (Å²) in [5, 5.41) is 11.8. The number of hydrogen-bond donors (Lipinski definition) is 1. The number of thiophene rings is 1. The van der Waals surface area contributed by atoms with Gasteiger partial charge >= 0.3 is 5.97 Å². The molecule has 0 aliphatic rings. The van der Waals surface area contributed by atoms with Gasteiger partial charge in [-0.05, 0) is 29.0 Å². The molecular formula is C10H8O2S2. The Hall–Kier alpha value is -1.00. The van der Waals surface area contributed by atoms with Crippen molar-refractivity contribution in [2.45, 2.75) is 4.90 Å². The van der Waals surface area contributed by atoms with Crippen molar-refractivity contribution in [3.8, 4) is 0 Å². The molecule has 0 aliphatic heterocycles. The third-order valence-corrected chi connectivity index (χ3v) is 3.65. The second kappa shape index (κ2) is 4.02. The molecule has 0 radical (unpaired) electrons. The van der Waals surface area contributed by atoms with E-state index < -0.39 is 5.97 Å². The van der Waals surface area contributed by atoms with Crippen LogP contribution < -0.4 is 0 Å². The second-order valence-electron chi connectivity index (χ2n) is 2.80. The van der Waals surface area contributed by atoms with Gasteiger partial charge in [0.25, 0.3) is 0 Å². The van der Waals surface area contributed by atoms with Gasteiger partial charge in [-0.2, -0.15) is 0 Å². The number of hydrogen-bond acceptors (Lipinski definition) is 3. The van der Waals surface area contributed by atoms with Crippen LogP contribution in [0.2, 0.25) is 0 Å². The Balaban J connectivity index is 2.21. The summed E-state index contributed by atoms with van der Waals surface area (Å²) in [6.07, 6.45) is 0. The van der Waals surface area contributed by atoms with Crippen molar-refractivity contribution in [1.82, 2.24) is 0 Å². The van der Waals surface area contributed by atoms with E-state index in [1.165, 1.54) is 21.8 Å². The Kier molecular flexibility index (Phi) is 2.74. The summed E-state index contributed by atoms with van der Waals surface area (Å²) >= 11 is 3.03. The molecule has 2 aromatic rings. The smallest absolute Gasteiger partial charge is 0.313 e. The van der Waals surface area contributed by atoms with Crippen LogP contribution >= 0.6 is 23.1 Å². The minimum Gasteiger partial charge on any atom is -0.481 e. The van der Waals surface area contributed by atoms with E-state index in [9.17, 15) is 4.79 Å². The molecule has 1 heterocycles. The first-order valence-corrected chi connectivity index (χ1v) is 5.94. The molecule has 0 amide bonds. The fraction of sp³-hybridized carbons (Fsp3) is 0.100. The summed E-state index contributed by atoms with van der Waals surface area (Å²) in [5.74, 6) is -0.655. The van der Waals surface area contributed by atoms with Crippen LogP contribution in [0.4, 0.5) is 0 Å². The third kappa shape index (κ3) is 2.08. The maximum absolute atomic E-state index is 10.4. The Morgan fingerprint density at radius 1 is 1.43 bits per heavy atom. The van der Waals surface area contributed by atoms with E-state index in [2.05, 4.69) is 6.07 Å². The van der Waals surface area contributed by atoms with Gasteiger partial charge in [0.15, 0.2) is 0 Å². The van der Waals surface area contributed by atoms with Crippen LogP contribution in [0.5, 0.6) is 0 Å². The van der Waals surface area contributed by atoms with E-state index >= 15 is 0 Å². The first kappa shape index (κ1) is 9.55. The summed E-state index contributed by atoms with van der Waals surface area (Å²) in [5.41, 5.74) is 0. The number of thioether (sulfide) groups is 1. The maximum Gasteiger partial charge on any atom is 0.313 e. The van der Waals surface area contributed by atoms with Gasteiger partial charge in [0, 0.05) is 9.60 Å². The van der Waals surface area contributed by atoms with Crippen molar-refractivity contribution in [2.75, 3.05) is 5.75 Å². The lowest BCUT2D eigenvalue weighted by Gasteiger charge is -1.97. The van der Waals surface area contributed by atoms with Crippen LogP contribution in [0.15, 0.2) is 34.5 Å². The van der Waals surface area contributed by atoms with Crippen molar-refractivity contribution in [1.29, 1.82) is 0 Å². The van der Waals surface area contributed by atoms with Crippen LogP contribution in [0.3, 0.4) is 0 Å². The zero-order valence-corrected chi connectivity index (χ0v) is 8.90. The quantitative estimate of drug-likeness (QED) is 0.814. The van der Waals surface area contributed by atoms with Crippen LogP contribution in [-0.2, 0) is 4.79 Å². The number of rotatable bonds is 3. The SMILES string of the molecule is O=C(O)CSc1ccc2ccsc2c1. The number of carbonyl (C=O) groups is 1. The fourth-order valence-electron chi connectivity index (χ4n) is 1.17. The minimum atomic E-state index is -0.777. The number of fused-ring (bicyclic) bond motifs is 1. The molecule has 1 aromatic carbocycles. The Bertz CT molecular complexity index is 462. The van der Waals surface area contributed by atoms with E-state index in [0.29, 0.717) is 0 Å². The standard InChI is InChI=1S/C10H8O2S2/c11-10(12)6-14-8-2-1-7-3-4-13-9(7)5-8/h1-5H,6H2,(H,11,12). The van der Waals surface area contributed by atoms with Crippen LogP contribution in [0.25, 0.3) is 10.1 Å². The molecule has 14 heavy (non-hydrogen) atoms. The summed E-state index contributed by atoms with van der Waals surface area (Å²) in [7, 11) is 0. The maximum atomic E-state index is 10.4. The number of aliphatic carboxylic acids is 1. The second-order valence-corrected chi connectivity index (χ2v) is 4.80. The van der Waals surface area contributed by atoms with Crippen LogP contribution in [-0.4, -0.2) is 16.8 Å². The van der Waals surface area contributed by atoms with Crippen molar-refractivity contribution in [3.63, 3.8) is 0 Å². The molecule has 0 unspecified atom stereocenters. The van der Waals surface area contributed by atoms with Gasteiger partial charge in [0.05, 0.1) is 5.75 Å². The largest absolute Gasteiger partial charge is 0.481 e. The molecule has 2 nitrogen and oxygen atoms in total. The monoisotopic (exact) mass is 224 g/mol. The lowest BCUT2D eigenvalue weighted by molar-refractivity contribution is -0.133. The zero-order chi connectivity index (χ0) is 9.97. The zero-order valence-electron chi connectivity index (χ0n) is 7.27. The molecule has 0 saturated heterocycles. The molecule has 0 atom stereocenters. The average Bonchev–Trinajstić information content (AvgIpc) is 2.61. The molecular weight excluding hydrogens is 216 g/mol. The molecule has 0 bridgehead atoms. The Morgan fingerprint density at radius 3 is 3.07 bits per heavy atom. The topological polar surface area (TPSA) is 37.3 Å². The lowest BCUT2D eigenvalue weighted by atomic mass is 10.3. The molecule has 72 valence electrons. The van der Waals surface area contributed by atoms with Crippen molar-refractivity contribution >= 4 is 39.2 Å². The lowest BCUT2D eigenvalue weighted by Crippen LogP contribution is -1.96. The highest BCUT2D eigenvalue weighted by Crippen LogP contribution is 2.26. The normalized spacial score (nSPS) is 10.6. The van der Waals surface area contributed by atoms with Gasteiger partial charge in [-0.15, -0.1) is 23.1 Å². The summed E-state index contributed by atoms with van der Waals surface area (Å²) in [6, 6.07) is 8.08. The minimum absolute atomic E-state index is 0.122. The van der Waals surface area contributed by atoms with Crippen molar-refractivity contribution < 1.29 is 9.90 Å². The Morgan fingerprint density at radius 2 is 2.29 bits per heavy atom. The fourth-order valence-corrected chi connectivity index (χ4v) is 2.73. The van der Waals surface area contributed by atoms with E-state index in [0.717, 1.165) is 4.90 Å². The van der Waals surface area contributed by atoms with E-state index in [4.69, 9.17) is 5.11 Å². The molecule has 0 fully saturated rings. The third-order valence-electron chi connectivity index (χ3n) is 1.79. The number of benzene rings is 1. The molecule has 0 saturated carbocycles. The first-order valence-electron chi connectivity index (χ1n) is 4.07. The van der Waals surface area contributed by atoms with Crippen molar-refractivity contribution in [3.05, 3.63) is 29.6 Å². The number of carboxylic acids is 1. The van der Waals surface area contributed by atoms with Gasteiger partial charge < -0.3 is 5.11 Å². The van der Waals surface area contributed by atoms with E-state index in [1.807, 2.05) is 23.6 Å². The van der Waals surface area contributed by atoms with E-state index in [1.54, 1.807) is 11.3 Å². The highest BCUT2D eigenvalue weighted by molar-refractivity contribution is 8.00. The molecule has 2 rings (SSSR count). The highest BCUT2D eigenvalue weighted by Gasteiger charge is 2.01. The average molecular weight is 224 g/mol.